The van der Waals surface area contributed by atoms with E-state index in [1.807, 2.05) is 13.0 Å². The Bertz CT molecular complexity index is 750. The highest BCUT2D eigenvalue weighted by Gasteiger charge is 2.36. The molecule has 0 spiro atoms. The van der Waals surface area contributed by atoms with Crippen LogP contribution in [0.3, 0.4) is 0 Å². The van der Waals surface area contributed by atoms with Crippen LogP contribution in [0.5, 0.6) is 5.75 Å². The quantitative estimate of drug-likeness (QED) is 0.640. The first-order valence-electron chi connectivity index (χ1n) is 8.65. The van der Waals surface area contributed by atoms with Crippen LogP contribution in [0.25, 0.3) is 0 Å². The van der Waals surface area contributed by atoms with Gasteiger partial charge in [0.05, 0.1) is 12.1 Å². The Hall–Kier alpha value is -2.70. The van der Waals surface area contributed by atoms with Gasteiger partial charge in [-0.05, 0) is 36.6 Å². The number of hydrogen-bond acceptors (Lipinski definition) is 2. The lowest BCUT2D eigenvalue weighted by Gasteiger charge is -2.35. The Morgan fingerprint density at radius 1 is 1.07 bits per heavy atom. The zero-order valence-electron chi connectivity index (χ0n) is 14.9. The maximum Gasteiger partial charge on any atom is 0.416 e. The van der Waals surface area contributed by atoms with E-state index < -0.39 is 23.4 Å². The largest absolute Gasteiger partial charge is 0.481 e. The second-order valence-corrected chi connectivity index (χ2v) is 6.25. The number of hydrogen-bond donors (Lipinski definition) is 2. The molecule has 0 aliphatic heterocycles. The third-order valence-corrected chi connectivity index (χ3v) is 4.23. The molecule has 0 saturated carbocycles. The highest BCUT2D eigenvalue weighted by atomic mass is 19.4. The average molecular weight is 381 g/mol. The summed E-state index contributed by atoms with van der Waals surface area (Å²) in [6.07, 6.45) is -3.72. The predicted molar refractivity (Wildman–Crippen MR) is 95.7 cm³/mol. The highest BCUT2D eigenvalue weighted by molar-refractivity contribution is 5.64. The molecule has 1 amide bonds. The Labute approximate surface area is 156 Å². The van der Waals surface area contributed by atoms with Gasteiger partial charge in [0.25, 0.3) is 0 Å². The predicted octanol–water partition coefficient (Wildman–Crippen LogP) is 5.44. The smallest absolute Gasteiger partial charge is 0.416 e. The van der Waals surface area contributed by atoms with E-state index in [1.165, 1.54) is 12.1 Å². The van der Waals surface area contributed by atoms with Crippen LogP contribution in [0.2, 0.25) is 0 Å². The molecule has 0 radical (unpaired) electrons. The molecule has 7 heteroatoms. The normalized spacial score (nSPS) is 13.6. The van der Waals surface area contributed by atoms with Crippen LogP contribution in [-0.4, -0.2) is 17.7 Å². The van der Waals surface area contributed by atoms with E-state index in [9.17, 15) is 18.0 Å². The molecule has 0 aliphatic rings. The van der Waals surface area contributed by atoms with Gasteiger partial charge in [0.2, 0.25) is 0 Å². The minimum absolute atomic E-state index is 0.0389. The first-order valence-corrected chi connectivity index (χ1v) is 8.65. The molecule has 27 heavy (non-hydrogen) atoms. The molecule has 4 nitrogen and oxygen atoms in total. The number of ether oxygens (including phenoxy) is 1. The molecule has 0 aromatic heterocycles. The van der Waals surface area contributed by atoms with E-state index in [4.69, 9.17) is 9.84 Å². The average Bonchev–Trinajstić information content (AvgIpc) is 2.64. The van der Waals surface area contributed by atoms with Crippen molar-refractivity contribution < 1.29 is 27.8 Å². The number of carbonyl (C=O) groups is 1. The monoisotopic (exact) mass is 381 g/mol. The minimum Gasteiger partial charge on any atom is -0.481 e. The third kappa shape index (κ3) is 5.64. The number of amides is 1. The van der Waals surface area contributed by atoms with Gasteiger partial charge in [0.15, 0.2) is 5.60 Å². The lowest BCUT2D eigenvalue weighted by atomic mass is 9.88. The van der Waals surface area contributed by atoms with Crippen LogP contribution in [-0.2, 0) is 11.8 Å². The molecular formula is C20H22F3NO3. The number of rotatable bonds is 8. The van der Waals surface area contributed by atoms with Crippen molar-refractivity contribution in [3.05, 3.63) is 65.7 Å². The maximum absolute atomic E-state index is 13.0. The number of unbranched alkanes of at least 4 members (excludes halogenated alkanes) is 1. The zero-order valence-corrected chi connectivity index (χ0v) is 14.9. The van der Waals surface area contributed by atoms with Crippen LogP contribution in [0.15, 0.2) is 54.6 Å². The van der Waals surface area contributed by atoms with Gasteiger partial charge >= 0.3 is 12.3 Å². The molecule has 146 valence electrons. The molecule has 2 N–H and O–H groups in total. The Kier molecular flexibility index (Phi) is 6.71. The number of nitrogens with one attached hydrogen (secondary N) is 1. The van der Waals surface area contributed by atoms with Crippen LogP contribution in [0, 0.1) is 0 Å². The van der Waals surface area contributed by atoms with E-state index in [0.717, 1.165) is 25.0 Å². The van der Waals surface area contributed by atoms with Crippen molar-refractivity contribution in [1.29, 1.82) is 0 Å². The van der Waals surface area contributed by atoms with Crippen LogP contribution in [0.4, 0.5) is 18.0 Å². The van der Waals surface area contributed by atoms with Crippen molar-refractivity contribution in [2.75, 3.05) is 6.54 Å². The molecule has 0 aliphatic carbocycles. The van der Waals surface area contributed by atoms with Gasteiger partial charge in [0, 0.05) is 0 Å². The third-order valence-electron chi connectivity index (χ3n) is 4.23. The van der Waals surface area contributed by atoms with E-state index in [1.54, 1.807) is 24.3 Å². The van der Waals surface area contributed by atoms with E-state index in [2.05, 4.69) is 5.32 Å². The van der Waals surface area contributed by atoms with Crippen molar-refractivity contribution in [1.82, 2.24) is 5.32 Å². The van der Waals surface area contributed by atoms with E-state index in [-0.39, 0.29) is 12.3 Å². The Morgan fingerprint density at radius 3 is 2.33 bits per heavy atom. The van der Waals surface area contributed by atoms with E-state index >= 15 is 0 Å². The van der Waals surface area contributed by atoms with Gasteiger partial charge < -0.3 is 15.2 Å². The fraction of sp³-hybridized carbons (Fsp3) is 0.350. The number of benzene rings is 2. The topological polar surface area (TPSA) is 58.6 Å². The van der Waals surface area contributed by atoms with Gasteiger partial charge in [-0.2, -0.15) is 13.2 Å². The fourth-order valence-electron chi connectivity index (χ4n) is 2.86. The summed E-state index contributed by atoms with van der Waals surface area (Å²) in [4.78, 5) is 11.1. The number of carboxylic acid groups (broad SMARTS) is 1. The minimum atomic E-state index is -4.49. The summed E-state index contributed by atoms with van der Waals surface area (Å²) in [6.45, 7) is 1.90. The van der Waals surface area contributed by atoms with Crippen molar-refractivity contribution in [3.8, 4) is 5.75 Å². The summed E-state index contributed by atoms with van der Waals surface area (Å²) in [5.74, 6) is 0.0389. The molecular weight excluding hydrogens is 359 g/mol. The molecule has 2 aromatic rings. The van der Waals surface area contributed by atoms with E-state index in [0.29, 0.717) is 12.0 Å². The molecule has 1 unspecified atom stereocenters. The van der Waals surface area contributed by atoms with Gasteiger partial charge in [0.1, 0.15) is 5.75 Å². The summed E-state index contributed by atoms with van der Waals surface area (Å²) in [5, 5.41) is 11.4. The van der Waals surface area contributed by atoms with Gasteiger partial charge in [-0.25, -0.2) is 4.79 Å². The van der Waals surface area contributed by atoms with Gasteiger partial charge in [-0.1, -0.05) is 49.7 Å². The van der Waals surface area contributed by atoms with Crippen molar-refractivity contribution in [2.24, 2.45) is 0 Å². The molecule has 0 fully saturated rings. The summed E-state index contributed by atoms with van der Waals surface area (Å²) in [6, 6.07) is 13.6. The lowest BCUT2D eigenvalue weighted by molar-refractivity contribution is -0.137. The number of alkyl halides is 3. The second-order valence-electron chi connectivity index (χ2n) is 6.25. The van der Waals surface area contributed by atoms with Crippen molar-refractivity contribution in [3.63, 3.8) is 0 Å². The molecule has 2 aromatic carbocycles. The van der Waals surface area contributed by atoms with Crippen LogP contribution < -0.4 is 10.1 Å². The molecule has 0 bridgehead atoms. The standard InChI is InChI=1S/C20H22F3NO3/c1-2-3-12-19(14-24-18(25)26,15-8-5-4-6-9-15)27-17-11-7-10-16(13-17)20(21,22)23/h4-11,13,24H,2-3,12,14H2,1H3,(H,25,26). The van der Waals surface area contributed by atoms with Crippen LogP contribution >= 0.6 is 0 Å². The summed E-state index contributed by atoms with van der Waals surface area (Å²) < 4.78 is 45.2. The molecule has 0 saturated heterocycles. The zero-order chi connectivity index (χ0) is 19.9. The second kappa shape index (κ2) is 8.79. The van der Waals surface area contributed by atoms with Crippen LogP contribution in [0.1, 0.15) is 37.3 Å². The SMILES string of the molecule is CCCCC(CNC(=O)O)(Oc1cccc(C(F)(F)F)c1)c1ccccc1. The summed E-state index contributed by atoms with van der Waals surface area (Å²) in [5.41, 5.74) is -1.23. The fourth-order valence-corrected chi connectivity index (χ4v) is 2.86. The molecule has 2 rings (SSSR count). The Balaban J connectivity index is 2.45. The van der Waals surface area contributed by atoms with Gasteiger partial charge in [-0.3, -0.25) is 0 Å². The highest BCUT2D eigenvalue weighted by Crippen LogP contribution is 2.36. The van der Waals surface area contributed by atoms with Crippen molar-refractivity contribution >= 4 is 6.09 Å². The van der Waals surface area contributed by atoms with Gasteiger partial charge in [-0.15, -0.1) is 0 Å². The summed E-state index contributed by atoms with van der Waals surface area (Å²) >= 11 is 0. The Morgan fingerprint density at radius 2 is 1.74 bits per heavy atom. The molecule has 0 heterocycles. The number of halogens is 3. The molecule has 1 atom stereocenters. The first kappa shape index (κ1) is 20.6. The summed E-state index contributed by atoms with van der Waals surface area (Å²) in [7, 11) is 0. The lowest BCUT2D eigenvalue weighted by Crippen LogP contribution is -2.45. The van der Waals surface area contributed by atoms with Crippen molar-refractivity contribution in [2.45, 2.75) is 38.0 Å². The first-order chi connectivity index (χ1) is 12.8. The maximum atomic E-state index is 13.0.